The van der Waals surface area contributed by atoms with Gasteiger partial charge in [0.2, 0.25) is 5.91 Å². The van der Waals surface area contributed by atoms with Crippen molar-refractivity contribution in [3.05, 3.63) is 0 Å². The molecule has 1 unspecified atom stereocenters. The SMILES string of the molecule is CCC(C)OCC(=O)N1CC[C@@H](O)C1. The zero-order valence-electron chi connectivity index (χ0n) is 8.90. The fourth-order valence-corrected chi connectivity index (χ4v) is 1.39. The van der Waals surface area contributed by atoms with E-state index in [1.807, 2.05) is 13.8 Å². The third kappa shape index (κ3) is 3.27. The summed E-state index contributed by atoms with van der Waals surface area (Å²) in [6.45, 7) is 5.23. The lowest BCUT2D eigenvalue weighted by Gasteiger charge is -2.17. The first-order chi connectivity index (χ1) is 6.63. The number of aliphatic hydroxyl groups is 1. The average Bonchev–Trinajstić information content (AvgIpc) is 2.60. The topological polar surface area (TPSA) is 49.8 Å². The summed E-state index contributed by atoms with van der Waals surface area (Å²) in [5.74, 6) is -0.0122. The maximum absolute atomic E-state index is 11.5. The van der Waals surface area contributed by atoms with E-state index in [0.717, 1.165) is 6.42 Å². The average molecular weight is 201 g/mol. The number of carbonyl (C=O) groups is 1. The summed E-state index contributed by atoms with van der Waals surface area (Å²) >= 11 is 0. The van der Waals surface area contributed by atoms with Gasteiger partial charge in [0.15, 0.2) is 0 Å². The maximum Gasteiger partial charge on any atom is 0.248 e. The molecule has 2 atom stereocenters. The van der Waals surface area contributed by atoms with E-state index in [4.69, 9.17) is 4.74 Å². The van der Waals surface area contributed by atoms with Gasteiger partial charge in [-0.3, -0.25) is 4.79 Å². The second-order valence-corrected chi connectivity index (χ2v) is 3.81. The van der Waals surface area contributed by atoms with Crippen LogP contribution >= 0.6 is 0 Å². The molecule has 1 aliphatic rings. The van der Waals surface area contributed by atoms with Gasteiger partial charge in [0.25, 0.3) is 0 Å². The maximum atomic E-state index is 11.5. The number of aliphatic hydroxyl groups excluding tert-OH is 1. The van der Waals surface area contributed by atoms with Crippen LogP contribution in [0.5, 0.6) is 0 Å². The molecule has 0 bridgehead atoms. The number of likely N-dealkylation sites (tertiary alicyclic amines) is 1. The molecule has 1 amide bonds. The van der Waals surface area contributed by atoms with Crippen LogP contribution in [0.2, 0.25) is 0 Å². The van der Waals surface area contributed by atoms with Crippen molar-refractivity contribution in [3.8, 4) is 0 Å². The minimum absolute atomic E-state index is 0.0122. The van der Waals surface area contributed by atoms with E-state index in [2.05, 4.69) is 0 Å². The highest BCUT2D eigenvalue weighted by atomic mass is 16.5. The van der Waals surface area contributed by atoms with Crippen molar-refractivity contribution in [3.63, 3.8) is 0 Å². The van der Waals surface area contributed by atoms with Gasteiger partial charge in [0.05, 0.1) is 12.2 Å². The Morgan fingerprint density at radius 1 is 1.71 bits per heavy atom. The van der Waals surface area contributed by atoms with Crippen LogP contribution in [0, 0.1) is 0 Å². The van der Waals surface area contributed by atoms with Gasteiger partial charge in [-0.25, -0.2) is 0 Å². The molecule has 14 heavy (non-hydrogen) atoms. The molecule has 1 heterocycles. The zero-order valence-corrected chi connectivity index (χ0v) is 8.90. The summed E-state index contributed by atoms with van der Waals surface area (Å²) in [6, 6.07) is 0. The number of hydrogen-bond donors (Lipinski definition) is 1. The number of nitrogens with zero attached hydrogens (tertiary/aromatic N) is 1. The number of β-amino-alcohol motifs (C(OH)–C–C–N with tert-alkyl or cyclic N) is 1. The summed E-state index contributed by atoms with van der Waals surface area (Å²) in [5, 5.41) is 9.24. The van der Waals surface area contributed by atoms with Gasteiger partial charge in [0.1, 0.15) is 6.61 Å². The van der Waals surface area contributed by atoms with Crippen LogP contribution in [-0.4, -0.2) is 47.8 Å². The number of ether oxygens (including phenoxy) is 1. The summed E-state index contributed by atoms with van der Waals surface area (Å²) in [6.07, 6.45) is 1.39. The Balaban J connectivity index is 2.22. The van der Waals surface area contributed by atoms with Crippen LogP contribution in [0.15, 0.2) is 0 Å². The lowest BCUT2D eigenvalue weighted by atomic mass is 10.3. The van der Waals surface area contributed by atoms with Crippen LogP contribution in [0.1, 0.15) is 26.7 Å². The molecular formula is C10H19NO3. The highest BCUT2D eigenvalue weighted by Crippen LogP contribution is 2.09. The number of carbonyl (C=O) groups excluding carboxylic acids is 1. The molecule has 1 N–H and O–H groups in total. The van der Waals surface area contributed by atoms with Crippen molar-refractivity contribution in [1.29, 1.82) is 0 Å². The molecular weight excluding hydrogens is 182 g/mol. The van der Waals surface area contributed by atoms with E-state index >= 15 is 0 Å². The summed E-state index contributed by atoms with van der Waals surface area (Å²) in [4.78, 5) is 13.2. The first-order valence-electron chi connectivity index (χ1n) is 5.21. The zero-order chi connectivity index (χ0) is 10.6. The molecule has 4 heteroatoms. The molecule has 1 fully saturated rings. The molecule has 4 nitrogen and oxygen atoms in total. The van der Waals surface area contributed by atoms with E-state index < -0.39 is 0 Å². The van der Waals surface area contributed by atoms with Gasteiger partial charge in [-0.05, 0) is 19.8 Å². The van der Waals surface area contributed by atoms with Gasteiger partial charge >= 0.3 is 0 Å². The second kappa shape index (κ2) is 5.32. The molecule has 0 aromatic carbocycles. The monoisotopic (exact) mass is 201 g/mol. The highest BCUT2D eigenvalue weighted by Gasteiger charge is 2.24. The highest BCUT2D eigenvalue weighted by molar-refractivity contribution is 5.77. The molecule has 0 aromatic heterocycles. The number of rotatable bonds is 4. The largest absolute Gasteiger partial charge is 0.391 e. The number of hydrogen-bond acceptors (Lipinski definition) is 3. The van der Waals surface area contributed by atoms with Gasteiger partial charge in [0, 0.05) is 13.1 Å². The van der Waals surface area contributed by atoms with Gasteiger partial charge in [-0.15, -0.1) is 0 Å². The van der Waals surface area contributed by atoms with Gasteiger partial charge in [-0.1, -0.05) is 6.92 Å². The second-order valence-electron chi connectivity index (χ2n) is 3.81. The Bertz CT molecular complexity index is 196. The van der Waals surface area contributed by atoms with E-state index in [1.165, 1.54) is 0 Å². The Morgan fingerprint density at radius 2 is 2.43 bits per heavy atom. The fraction of sp³-hybridized carbons (Fsp3) is 0.900. The molecule has 1 aliphatic heterocycles. The van der Waals surface area contributed by atoms with Crippen LogP contribution in [-0.2, 0) is 9.53 Å². The van der Waals surface area contributed by atoms with Crippen LogP contribution in [0.25, 0.3) is 0 Å². The van der Waals surface area contributed by atoms with Crippen molar-refractivity contribution in [1.82, 2.24) is 4.90 Å². The third-order valence-electron chi connectivity index (χ3n) is 2.58. The minimum Gasteiger partial charge on any atom is -0.391 e. The molecule has 0 radical (unpaired) electrons. The molecule has 1 saturated heterocycles. The smallest absolute Gasteiger partial charge is 0.248 e. The molecule has 0 spiro atoms. The fourth-order valence-electron chi connectivity index (χ4n) is 1.39. The van der Waals surface area contributed by atoms with E-state index in [-0.39, 0.29) is 24.7 Å². The summed E-state index contributed by atoms with van der Waals surface area (Å²) < 4.78 is 5.33. The predicted molar refractivity (Wildman–Crippen MR) is 52.9 cm³/mol. The minimum atomic E-state index is -0.345. The standard InChI is InChI=1S/C10H19NO3/c1-3-8(2)14-7-10(13)11-5-4-9(12)6-11/h8-9,12H,3-7H2,1-2H3/t8?,9-/m1/s1. The Morgan fingerprint density at radius 3 is 2.93 bits per heavy atom. The van der Waals surface area contributed by atoms with Crippen molar-refractivity contribution in [2.45, 2.75) is 38.9 Å². The number of amides is 1. The van der Waals surface area contributed by atoms with E-state index in [0.29, 0.717) is 19.5 Å². The Labute approximate surface area is 84.8 Å². The molecule has 0 saturated carbocycles. The quantitative estimate of drug-likeness (QED) is 0.716. The molecule has 0 aromatic rings. The lowest BCUT2D eigenvalue weighted by Crippen LogP contribution is -2.33. The Kier molecular flexibility index (Phi) is 4.35. The normalized spacial score (nSPS) is 23.9. The first-order valence-corrected chi connectivity index (χ1v) is 5.21. The van der Waals surface area contributed by atoms with Crippen LogP contribution in [0.3, 0.4) is 0 Å². The van der Waals surface area contributed by atoms with Gasteiger partial charge < -0.3 is 14.7 Å². The summed E-state index contributed by atoms with van der Waals surface area (Å²) in [7, 11) is 0. The predicted octanol–water partition coefficient (Wildman–Crippen LogP) is 0.395. The molecule has 1 rings (SSSR count). The van der Waals surface area contributed by atoms with Crippen molar-refractivity contribution >= 4 is 5.91 Å². The van der Waals surface area contributed by atoms with Crippen LogP contribution in [0.4, 0.5) is 0 Å². The lowest BCUT2D eigenvalue weighted by molar-refractivity contribution is -0.137. The summed E-state index contributed by atoms with van der Waals surface area (Å²) in [5.41, 5.74) is 0. The van der Waals surface area contributed by atoms with E-state index in [1.54, 1.807) is 4.90 Å². The van der Waals surface area contributed by atoms with Crippen molar-refractivity contribution in [2.24, 2.45) is 0 Å². The molecule has 82 valence electrons. The van der Waals surface area contributed by atoms with Crippen molar-refractivity contribution < 1.29 is 14.6 Å². The van der Waals surface area contributed by atoms with Gasteiger partial charge in [-0.2, -0.15) is 0 Å². The third-order valence-corrected chi connectivity index (χ3v) is 2.58. The van der Waals surface area contributed by atoms with Crippen LogP contribution < -0.4 is 0 Å². The van der Waals surface area contributed by atoms with Crippen molar-refractivity contribution in [2.75, 3.05) is 19.7 Å². The molecule has 0 aliphatic carbocycles. The Hall–Kier alpha value is -0.610. The van der Waals surface area contributed by atoms with E-state index in [9.17, 15) is 9.90 Å². The first kappa shape index (κ1) is 11.5.